The van der Waals surface area contributed by atoms with Gasteiger partial charge < -0.3 is 9.64 Å². The van der Waals surface area contributed by atoms with Gasteiger partial charge in [-0.25, -0.2) is 4.68 Å². The molecular weight excluding hydrogens is 290 g/mol. The van der Waals surface area contributed by atoms with Crippen molar-refractivity contribution >= 4 is 5.91 Å². The summed E-state index contributed by atoms with van der Waals surface area (Å²) in [7, 11) is 0. The number of piperidine rings is 1. The molecule has 0 unspecified atom stereocenters. The predicted octanol–water partition coefficient (Wildman–Crippen LogP) is 2.37. The first-order chi connectivity index (χ1) is 11.3. The molecule has 1 aromatic carbocycles. The number of hydrogen-bond donors (Lipinski definition) is 0. The first kappa shape index (κ1) is 14.3. The molecule has 0 bridgehead atoms. The third kappa shape index (κ3) is 2.96. The molecule has 4 rings (SSSR count). The Kier molecular flexibility index (Phi) is 3.77. The van der Waals surface area contributed by atoms with Crippen LogP contribution in [0.1, 0.15) is 28.9 Å². The molecule has 120 valence electrons. The van der Waals surface area contributed by atoms with Crippen molar-refractivity contribution in [3.63, 3.8) is 0 Å². The van der Waals surface area contributed by atoms with Crippen molar-refractivity contribution in [2.75, 3.05) is 19.7 Å². The fourth-order valence-corrected chi connectivity index (χ4v) is 3.47. The molecule has 2 aliphatic rings. The number of benzene rings is 1. The molecule has 0 spiro atoms. The fraction of sp³-hybridized carbons (Fsp3) is 0.444. The number of carbonyl (C=O) groups is 1. The van der Waals surface area contributed by atoms with E-state index in [2.05, 4.69) is 35.4 Å². The molecule has 0 saturated carbocycles. The van der Waals surface area contributed by atoms with Crippen molar-refractivity contribution in [1.29, 1.82) is 0 Å². The summed E-state index contributed by atoms with van der Waals surface area (Å²) in [5.74, 6) is 1.41. The Morgan fingerprint density at radius 1 is 1.17 bits per heavy atom. The van der Waals surface area contributed by atoms with Gasteiger partial charge in [-0.2, -0.15) is 5.10 Å². The topological polar surface area (TPSA) is 47.4 Å². The number of ether oxygens (including phenoxy) is 1. The van der Waals surface area contributed by atoms with E-state index >= 15 is 0 Å². The van der Waals surface area contributed by atoms with Crippen LogP contribution in [0.4, 0.5) is 0 Å². The molecule has 0 aliphatic carbocycles. The second kappa shape index (κ2) is 6.07. The van der Waals surface area contributed by atoms with Crippen molar-refractivity contribution in [2.24, 2.45) is 5.92 Å². The molecule has 1 amide bonds. The van der Waals surface area contributed by atoms with E-state index in [-0.39, 0.29) is 5.91 Å². The number of hydrogen-bond acceptors (Lipinski definition) is 3. The molecule has 0 atom stereocenters. The molecule has 5 heteroatoms. The lowest BCUT2D eigenvalue weighted by atomic mass is 9.90. The van der Waals surface area contributed by atoms with Crippen LogP contribution in [-0.2, 0) is 13.0 Å². The molecule has 0 radical (unpaired) electrons. The number of amides is 1. The van der Waals surface area contributed by atoms with E-state index in [9.17, 15) is 4.79 Å². The Balaban J connectivity index is 1.34. The van der Waals surface area contributed by atoms with E-state index in [1.165, 1.54) is 5.56 Å². The van der Waals surface area contributed by atoms with Gasteiger partial charge in [0.05, 0.1) is 6.54 Å². The van der Waals surface area contributed by atoms with Crippen molar-refractivity contribution < 1.29 is 9.53 Å². The van der Waals surface area contributed by atoms with Gasteiger partial charge in [-0.05, 0) is 30.7 Å². The Labute approximate surface area is 135 Å². The van der Waals surface area contributed by atoms with Gasteiger partial charge in [-0.1, -0.05) is 30.3 Å². The van der Waals surface area contributed by atoms with Gasteiger partial charge in [0.1, 0.15) is 6.61 Å². The van der Waals surface area contributed by atoms with E-state index in [0.717, 1.165) is 38.9 Å². The van der Waals surface area contributed by atoms with Gasteiger partial charge in [0.15, 0.2) is 5.69 Å². The molecule has 2 aliphatic heterocycles. The number of rotatable bonds is 3. The summed E-state index contributed by atoms with van der Waals surface area (Å²) in [5.41, 5.74) is 1.90. The standard InChI is InChI=1S/C18H21N3O2/c22-18(16-13-17-21(19-16)10-11-23-17)20-8-6-15(7-9-20)12-14-4-2-1-3-5-14/h1-5,13,15H,6-12H2. The van der Waals surface area contributed by atoms with Crippen LogP contribution in [0.15, 0.2) is 36.4 Å². The highest BCUT2D eigenvalue weighted by Crippen LogP contribution is 2.24. The number of likely N-dealkylation sites (tertiary alicyclic amines) is 1. The van der Waals surface area contributed by atoms with E-state index in [1.54, 1.807) is 10.7 Å². The minimum atomic E-state index is 0.0358. The quantitative estimate of drug-likeness (QED) is 0.874. The van der Waals surface area contributed by atoms with Crippen LogP contribution in [-0.4, -0.2) is 40.3 Å². The summed E-state index contributed by atoms with van der Waals surface area (Å²) < 4.78 is 7.20. The molecule has 0 N–H and O–H groups in total. The van der Waals surface area contributed by atoms with Crippen LogP contribution in [0.3, 0.4) is 0 Å². The van der Waals surface area contributed by atoms with Gasteiger partial charge >= 0.3 is 0 Å². The van der Waals surface area contributed by atoms with Crippen molar-refractivity contribution in [1.82, 2.24) is 14.7 Å². The zero-order valence-corrected chi connectivity index (χ0v) is 13.1. The lowest BCUT2D eigenvalue weighted by Crippen LogP contribution is -2.39. The SMILES string of the molecule is O=C(c1cc2n(n1)CCO2)N1CCC(Cc2ccccc2)CC1. The lowest BCUT2D eigenvalue weighted by molar-refractivity contribution is 0.0683. The number of aromatic nitrogens is 2. The van der Waals surface area contributed by atoms with Gasteiger partial charge in [0.25, 0.3) is 5.91 Å². The Bertz CT molecular complexity index is 666. The van der Waals surface area contributed by atoms with Crippen LogP contribution in [0.2, 0.25) is 0 Å². The van der Waals surface area contributed by atoms with Crippen LogP contribution in [0, 0.1) is 5.92 Å². The summed E-state index contributed by atoms with van der Waals surface area (Å²) in [6.45, 7) is 3.03. The molecule has 1 saturated heterocycles. The maximum atomic E-state index is 12.6. The van der Waals surface area contributed by atoms with Gasteiger partial charge in [-0.15, -0.1) is 0 Å². The summed E-state index contributed by atoms with van der Waals surface area (Å²) in [5, 5.41) is 4.35. The minimum absolute atomic E-state index is 0.0358. The molecular formula is C18H21N3O2. The summed E-state index contributed by atoms with van der Waals surface area (Å²) >= 11 is 0. The van der Waals surface area contributed by atoms with E-state index in [0.29, 0.717) is 24.1 Å². The maximum Gasteiger partial charge on any atom is 0.274 e. The summed E-state index contributed by atoms with van der Waals surface area (Å²) in [6.07, 6.45) is 3.23. The van der Waals surface area contributed by atoms with E-state index in [1.807, 2.05) is 4.90 Å². The lowest BCUT2D eigenvalue weighted by Gasteiger charge is -2.31. The van der Waals surface area contributed by atoms with Crippen LogP contribution < -0.4 is 4.74 Å². The van der Waals surface area contributed by atoms with E-state index < -0.39 is 0 Å². The fourth-order valence-electron chi connectivity index (χ4n) is 3.47. The smallest absolute Gasteiger partial charge is 0.274 e. The Morgan fingerprint density at radius 3 is 2.70 bits per heavy atom. The third-order valence-corrected chi connectivity index (χ3v) is 4.78. The predicted molar refractivity (Wildman–Crippen MR) is 86.5 cm³/mol. The average Bonchev–Trinajstić information content (AvgIpc) is 3.17. The summed E-state index contributed by atoms with van der Waals surface area (Å²) in [6, 6.07) is 12.4. The minimum Gasteiger partial charge on any atom is -0.476 e. The molecule has 1 aromatic heterocycles. The van der Waals surface area contributed by atoms with Crippen molar-refractivity contribution in [3.05, 3.63) is 47.7 Å². The first-order valence-corrected chi connectivity index (χ1v) is 8.33. The Hall–Kier alpha value is -2.30. The second-order valence-electron chi connectivity index (χ2n) is 6.36. The van der Waals surface area contributed by atoms with Crippen molar-refractivity contribution in [2.45, 2.75) is 25.8 Å². The number of nitrogens with zero attached hydrogens (tertiary/aromatic N) is 3. The monoisotopic (exact) mass is 311 g/mol. The molecule has 5 nitrogen and oxygen atoms in total. The zero-order valence-electron chi connectivity index (χ0n) is 13.1. The maximum absolute atomic E-state index is 12.6. The van der Waals surface area contributed by atoms with Gasteiger partial charge in [0, 0.05) is 19.2 Å². The van der Waals surface area contributed by atoms with E-state index in [4.69, 9.17) is 4.74 Å². The molecule has 23 heavy (non-hydrogen) atoms. The highest BCUT2D eigenvalue weighted by Gasteiger charge is 2.27. The van der Waals surface area contributed by atoms with Crippen LogP contribution in [0.5, 0.6) is 5.88 Å². The zero-order chi connectivity index (χ0) is 15.6. The normalized spacial score (nSPS) is 17.8. The third-order valence-electron chi connectivity index (χ3n) is 4.78. The molecule has 3 heterocycles. The van der Waals surface area contributed by atoms with Gasteiger partial charge in [-0.3, -0.25) is 4.79 Å². The van der Waals surface area contributed by atoms with Crippen LogP contribution in [0.25, 0.3) is 0 Å². The second-order valence-corrected chi connectivity index (χ2v) is 6.36. The largest absolute Gasteiger partial charge is 0.476 e. The van der Waals surface area contributed by atoms with Gasteiger partial charge in [0.2, 0.25) is 5.88 Å². The Morgan fingerprint density at radius 2 is 1.96 bits per heavy atom. The summed E-state index contributed by atoms with van der Waals surface area (Å²) in [4.78, 5) is 14.5. The average molecular weight is 311 g/mol. The number of fused-ring (bicyclic) bond motifs is 1. The molecule has 2 aromatic rings. The number of carbonyl (C=O) groups excluding carboxylic acids is 1. The van der Waals surface area contributed by atoms with Crippen LogP contribution >= 0.6 is 0 Å². The molecule has 1 fully saturated rings. The highest BCUT2D eigenvalue weighted by atomic mass is 16.5. The highest BCUT2D eigenvalue weighted by molar-refractivity contribution is 5.92. The first-order valence-electron chi connectivity index (χ1n) is 8.33. The van der Waals surface area contributed by atoms with Crippen molar-refractivity contribution in [3.8, 4) is 5.88 Å².